The second kappa shape index (κ2) is 9.31. The van der Waals surface area contributed by atoms with Crippen LogP contribution in [0.3, 0.4) is 0 Å². The number of hydrogen-bond acceptors (Lipinski definition) is 4. The van der Waals surface area contributed by atoms with Gasteiger partial charge in [0.05, 0.1) is 17.2 Å². The molecule has 1 aliphatic heterocycles. The van der Waals surface area contributed by atoms with Crippen molar-refractivity contribution >= 4 is 23.8 Å². The maximum absolute atomic E-state index is 12.1. The molecule has 8 heteroatoms. The van der Waals surface area contributed by atoms with Crippen LogP contribution in [0.1, 0.15) is 43.9 Å². The summed E-state index contributed by atoms with van der Waals surface area (Å²) in [6.45, 7) is 0.582. The number of ketones is 1. The van der Waals surface area contributed by atoms with E-state index in [4.69, 9.17) is 15.9 Å². The minimum atomic E-state index is -1.06. The fourth-order valence-electron chi connectivity index (χ4n) is 2.85. The third-order valence-electron chi connectivity index (χ3n) is 4.28. The Morgan fingerprint density at radius 3 is 1.75 bits per heavy atom. The second-order valence-corrected chi connectivity index (χ2v) is 6.11. The molecular formula is C20H20N2O6. The number of carboxylic acid groups (broad SMARTS) is 2. The lowest BCUT2D eigenvalue weighted by Gasteiger charge is -2.21. The number of carbonyl (C=O) groups is 4. The SMILES string of the molecule is NC(=O)N1CCC[C@H]1C(=O)c1ccccc1.O=C(O)c1ccc(C(=O)O)cc1. The highest BCUT2D eigenvalue weighted by atomic mass is 16.4. The number of Topliss-reactive ketones (excluding diaryl/α,β-unsaturated/α-hetero) is 1. The van der Waals surface area contributed by atoms with Gasteiger partial charge in [0.2, 0.25) is 0 Å². The van der Waals surface area contributed by atoms with Crippen LogP contribution in [0.15, 0.2) is 54.6 Å². The van der Waals surface area contributed by atoms with Crippen LogP contribution in [0.25, 0.3) is 0 Å². The van der Waals surface area contributed by atoms with Gasteiger partial charge >= 0.3 is 18.0 Å². The molecule has 8 nitrogen and oxygen atoms in total. The van der Waals surface area contributed by atoms with Crippen molar-refractivity contribution in [2.24, 2.45) is 5.73 Å². The molecule has 1 heterocycles. The Balaban J connectivity index is 0.000000209. The Labute approximate surface area is 161 Å². The number of nitrogens with two attached hydrogens (primary N) is 1. The van der Waals surface area contributed by atoms with E-state index < -0.39 is 18.0 Å². The standard InChI is InChI=1S/C12H14N2O2.C8H6O4/c13-12(16)14-8-4-7-10(14)11(15)9-5-2-1-3-6-9;9-7(10)5-1-2-6(4-3-5)8(11)12/h1-3,5-6,10H,4,7-8H2,(H2,13,16);1-4H,(H,9,10)(H,11,12)/t10-;/m0./s1. The maximum atomic E-state index is 12.1. The van der Waals surface area contributed by atoms with E-state index >= 15 is 0 Å². The van der Waals surface area contributed by atoms with Crippen molar-refractivity contribution in [1.29, 1.82) is 0 Å². The van der Waals surface area contributed by atoms with Crippen molar-refractivity contribution in [2.75, 3.05) is 6.54 Å². The summed E-state index contributed by atoms with van der Waals surface area (Å²) in [5.74, 6) is -2.14. The molecule has 2 aromatic carbocycles. The zero-order chi connectivity index (χ0) is 20.7. The number of rotatable bonds is 4. The normalized spacial score (nSPS) is 15.3. The van der Waals surface area contributed by atoms with Gasteiger partial charge in [-0.3, -0.25) is 4.79 Å². The average Bonchev–Trinajstić information content (AvgIpc) is 3.19. The van der Waals surface area contributed by atoms with Gasteiger partial charge in [-0.2, -0.15) is 0 Å². The number of likely N-dealkylation sites (tertiary alicyclic amines) is 1. The topological polar surface area (TPSA) is 138 Å². The van der Waals surface area contributed by atoms with E-state index in [0.717, 1.165) is 6.42 Å². The molecule has 4 N–H and O–H groups in total. The van der Waals surface area contributed by atoms with Gasteiger partial charge in [-0.15, -0.1) is 0 Å². The maximum Gasteiger partial charge on any atom is 0.335 e. The lowest BCUT2D eigenvalue weighted by molar-refractivity contribution is 0.0681. The fourth-order valence-corrected chi connectivity index (χ4v) is 2.85. The zero-order valence-corrected chi connectivity index (χ0v) is 14.9. The minimum absolute atomic E-state index is 0.0168. The highest BCUT2D eigenvalue weighted by Gasteiger charge is 2.33. The number of urea groups is 1. The molecule has 0 radical (unpaired) electrons. The van der Waals surface area contributed by atoms with Gasteiger partial charge < -0.3 is 20.8 Å². The molecule has 0 aliphatic carbocycles. The van der Waals surface area contributed by atoms with Crippen LogP contribution in [-0.4, -0.2) is 51.5 Å². The van der Waals surface area contributed by atoms with E-state index in [0.29, 0.717) is 18.5 Å². The molecule has 0 aromatic heterocycles. The van der Waals surface area contributed by atoms with Crippen LogP contribution in [0.5, 0.6) is 0 Å². The van der Waals surface area contributed by atoms with E-state index in [2.05, 4.69) is 0 Å². The number of primary amides is 1. The van der Waals surface area contributed by atoms with E-state index in [-0.39, 0.29) is 23.0 Å². The van der Waals surface area contributed by atoms with Crippen LogP contribution in [0.2, 0.25) is 0 Å². The van der Waals surface area contributed by atoms with Crippen LogP contribution in [0, 0.1) is 0 Å². The Bertz CT molecular complexity index is 831. The summed E-state index contributed by atoms with van der Waals surface area (Å²) in [4.78, 5) is 45.4. The molecule has 3 rings (SSSR count). The Morgan fingerprint density at radius 1 is 0.821 bits per heavy atom. The van der Waals surface area contributed by atoms with Crippen molar-refractivity contribution < 1.29 is 29.4 Å². The molecule has 1 aliphatic rings. The Kier molecular flexibility index (Phi) is 6.86. The second-order valence-electron chi connectivity index (χ2n) is 6.11. The number of nitrogens with zero attached hydrogens (tertiary/aromatic N) is 1. The highest BCUT2D eigenvalue weighted by Crippen LogP contribution is 2.20. The summed E-state index contributed by atoms with van der Waals surface area (Å²) in [7, 11) is 0. The van der Waals surface area contributed by atoms with E-state index in [1.807, 2.05) is 18.2 Å². The zero-order valence-electron chi connectivity index (χ0n) is 14.9. The third kappa shape index (κ3) is 5.16. The molecule has 146 valence electrons. The van der Waals surface area contributed by atoms with Gasteiger partial charge in [0, 0.05) is 12.1 Å². The first-order chi connectivity index (χ1) is 13.3. The van der Waals surface area contributed by atoms with Crippen LogP contribution in [-0.2, 0) is 0 Å². The Morgan fingerprint density at radius 2 is 1.32 bits per heavy atom. The van der Waals surface area contributed by atoms with Crippen molar-refractivity contribution in [3.8, 4) is 0 Å². The van der Waals surface area contributed by atoms with Crippen molar-refractivity contribution in [1.82, 2.24) is 4.90 Å². The van der Waals surface area contributed by atoms with Gasteiger partial charge in [0.1, 0.15) is 0 Å². The molecule has 0 bridgehead atoms. The first-order valence-corrected chi connectivity index (χ1v) is 8.53. The molecule has 1 atom stereocenters. The van der Waals surface area contributed by atoms with Crippen LogP contribution in [0.4, 0.5) is 4.79 Å². The van der Waals surface area contributed by atoms with Crippen molar-refractivity contribution in [3.63, 3.8) is 0 Å². The molecule has 28 heavy (non-hydrogen) atoms. The number of benzene rings is 2. The summed E-state index contributed by atoms with van der Waals surface area (Å²) < 4.78 is 0. The number of aromatic carboxylic acids is 2. The summed E-state index contributed by atoms with van der Waals surface area (Å²) >= 11 is 0. The van der Waals surface area contributed by atoms with Crippen LogP contribution >= 0.6 is 0 Å². The van der Waals surface area contributed by atoms with E-state index in [1.54, 1.807) is 12.1 Å². The number of hydrogen-bond donors (Lipinski definition) is 3. The summed E-state index contributed by atoms with van der Waals surface area (Å²) in [6.07, 6.45) is 1.54. The van der Waals surface area contributed by atoms with E-state index in [1.165, 1.54) is 29.2 Å². The van der Waals surface area contributed by atoms with Gasteiger partial charge in [-0.25, -0.2) is 14.4 Å². The monoisotopic (exact) mass is 384 g/mol. The van der Waals surface area contributed by atoms with Crippen LogP contribution < -0.4 is 5.73 Å². The Hall–Kier alpha value is -3.68. The lowest BCUT2D eigenvalue weighted by Crippen LogP contribution is -2.43. The average molecular weight is 384 g/mol. The molecule has 1 saturated heterocycles. The molecule has 0 spiro atoms. The lowest BCUT2D eigenvalue weighted by atomic mass is 10.0. The molecule has 1 fully saturated rings. The summed E-state index contributed by atoms with van der Waals surface area (Å²) in [6, 6.07) is 13.2. The van der Waals surface area contributed by atoms with Crippen molar-refractivity contribution in [3.05, 3.63) is 71.3 Å². The van der Waals surface area contributed by atoms with E-state index in [9.17, 15) is 19.2 Å². The van der Waals surface area contributed by atoms with Gasteiger partial charge in [0.15, 0.2) is 5.78 Å². The van der Waals surface area contributed by atoms with Gasteiger partial charge in [0.25, 0.3) is 0 Å². The minimum Gasteiger partial charge on any atom is -0.478 e. The predicted octanol–water partition coefficient (Wildman–Crippen LogP) is 2.50. The third-order valence-corrected chi connectivity index (χ3v) is 4.28. The molecule has 2 aromatic rings. The summed E-state index contributed by atoms with van der Waals surface area (Å²) in [5, 5.41) is 16.9. The highest BCUT2D eigenvalue weighted by molar-refractivity contribution is 6.01. The molecule has 0 saturated carbocycles. The van der Waals surface area contributed by atoms with Crippen molar-refractivity contribution in [2.45, 2.75) is 18.9 Å². The number of carbonyl (C=O) groups excluding carboxylic acids is 2. The fraction of sp³-hybridized carbons (Fsp3) is 0.200. The first-order valence-electron chi connectivity index (χ1n) is 8.53. The first kappa shape index (κ1) is 20.6. The van der Waals surface area contributed by atoms with Gasteiger partial charge in [-0.1, -0.05) is 30.3 Å². The molecular weight excluding hydrogens is 364 g/mol. The molecule has 2 amide bonds. The molecule has 0 unspecified atom stereocenters. The smallest absolute Gasteiger partial charge is 0.335 e. The number of amides is 2. The predicted molar refractivity (Wildman–Crippen MR) is 100 cm³/mol. The largest absolute Gasteiger partial charge is 0.478 e. The summed E-state index contributed by atoms with van der Waals surface area (Å²) in [5.41, 5.74) is 6.04. The quantitative estimate of drug-likeness (QED) is 0.692. The van der Waals surface area contributed by atoms with Gasteiger partial charge in [-0.05, 0) is 37.1 Å². The number of carboxylic acids is 2.